The zero-order valence-electron chi connectivity index (χ0n) is 17.8. The third-order valence-corrected chi connectivity index (χ3v) is 5.61. The SMILES string of the molecule is COc1ccc(/C=C/c2nc(-c3ccccc3O)n(CC[NH+]3CCCCC3)n2)cc1.[Cl-]. The van der Waals surface area contributed by atoms with Crippen LogP contribution in [0.3, 0.4) is 0 Å². The first-order chi connectivity index (χ1) is 14.7. The Balaban J connectivity index is 0.00000272. The van der Waals surface area contributed by atoms with Crippen molar-refractivity contribution >= 4 is 12.2 Å². The Morgan fingerprint density at radius 3 is 2.48 bits per heavy atom. The van der Waals surface area contributed by atoms with Crippen molar-refractivity contribution in [2.45, 2.75) is 25.8 Å². The van der Waals surface area contributed by atoms with Gasteiger partial charge in [-0.2, -0.15) is 5.10 Å². The Morgan fingerprint density at radius 2 is 1.77 bits per heavy atom. The number of hydrogen-bond donors (Lipinski definition) is 2. The Hall–Kier alpha value is -2.83. The third-order valence-electron chi connectivity index (χ3n) is 5.61. The number of ether oxygens (including phenoxy) is 1. The minimum atomic E-state index is 0. The molecule has 2 heterocycles. The molecule has 1 fully saturated rings. The van der Waals surface area contributed by atoms with Gasteiger partial charge in [0, 0.05) is 0 Å². The fourth-order valence-electron chi connectivity index (χ4n) is 3.90. The molecular formula is C24H29ClN4O2. The number of quaternary nitrogens is 1. The van der Waals surface area contributed by atoms with Crippen molar-refractivity contribution in [2.75, 3.05) is 26.7 Å². The highest BCUT2D eigenvalue weighted by atomic mass is 35.5. The van der Waals surface area contributed by atoms with Gasteiger partial charge in [-0.3, -0.25) is 0 Å². The van der Waals surface area contributed by atoms with E-state index >= 15 is 0 Å². The number of likely N-dealkylation sites (tertiary alicyclic amines) is 1. The molecule has 3 aromatic rings. The molecule has 31 heavy (non-hydrogen) atoms. The number of aromatic nitrogens is 3. The first-order valence-corrected chi connectivity index (χ1v) is 10.6. The number of phenolic OH excluding ortho intramolecular Hbond substituents is 1. The number of para-hydroxylation sites is 1. The second kappa shape index (κ2) is 11.0. The van der Waals surface area contributed by atoms with Crippen LogP contribution in [0.4, 0.5) is 0 Å². The molecule has 7 heteroatoms. The van der Waals surface area contributed by atoms with Crippen LogP contribution in [0.5, 0.6) is 11.5 Å². The van der Waals surface area contributed by atoms with Gasteiger partial charge in [0.1, 0.15) is 11.5 Å². The lowest BCUT2D eigenvalue weighted by molar-refractivity contribution is -0.905. The summed E-state index contributed by atoms with van der Waals surface area (Å²) in [7, 11) is 1.66. The summed E-state index contributed by atoms with van der Waals surface area (Å²) in [6.07, 6.45) is 7.85. The maximum absolute atomic E-state index is 10.4. The van der Waals surface area contributed by atoms with Gasteiger partial charge < -0.3 is 27.2 Å². The Kier molecular flexibility index (Phi) is 8.09. The number of benzene rings is 2. The minimum absolute atomic E-state index is 0. The van der Waals surface area contributed by atoms with Crippen LogP contribution in [0.2, 0.25) is 0 Å². The molecule has 0 amide bonds. The lowest BCUT2D eigenvalue weighted by Gasteiger charge is -2.23. The molecule has 0 bridgehead atoms. The van der Waals surface area contributed by atoms with Crippen LogP contribution < -0.4 is 22.0 Å². The molecule has 0 unspecified atom stereocenters. The molecule has 0 saturated carbocycles. The van der Waals surface area contributed by atoms with Gasteiger partial charge in [-0.05, 0) is 55.2 Å². The van der Waals surface area contributed by atoms with Crippen LogP contribution in [0, 0.1) is 0 Å². The maximum atomic E-state index is 10.4. The molecule has 0 radical (unpaired) electrons. The average molecular weight is 441 g/mol. The van der Waals surface area contributed by atoms with Crippen molar-refractivity contribution in [3.05, 3.63) is 59.9 Å². The van der Waals surface area contributed by atoms with Crippen LogP contribution in [0.25, 0.3) is 23.5 Å². The molecule has 0 aliphatic carbocycles. The van der Waals surface area contributed by atoms with Crippen LogP contribution in [-0.2, 0) is 6.54 Å². The van der Waals surface area contributed by atoms with Crippen molar-refractivity contribution in [3.8, 4) is 22.9 Å². The summed E-state index contributed by atoms with van der Waals surface area (Å²) in [6, 6.07) is 15.2. The number of halogens is 1. The number of hydrogen-bond acceptors (Lipinski definition) is 4. The molecule has 164 valence electrons. The van der Waals surface area contributed by atoms with Crippen molar-refractivity contribution in [2.24, 2.45) is 0 Å². The zero-order chi connectivity index (χ0) is 20.8. The lowest BCUT2D eigenvalue weighted by Crippen LogP contribution is -3.13. The minimum Gasteiger partial charge on any atom is -1.00 e. The van der Waals surface area contributed by atoms with Crippen LogP contribution >= 0.6 is 0 Å². The normalized spacial score (nSPS) is 14.5. The molecule has 6 nitrogen and oxygen atoms in total. The predicted octanol–water partition coefficient (Wildman–Crippen LogP) is -0.0975. The summed E-state index contributed by atoms with van der Waals surface area (Å²) < 4.78 is 7.15. The van der Waals surface area contributed by atoms with E-state index in [0.29, 0.717) is 17.2 Å². The van der Waals surface area contributed by atoms with Gasteiger partial charge in [-0.1, -0.05) is 30.3 Å². The van der Waals surface area contributed by atoms with Gasteiger partial charge in [-0.15, -0.1) is 0 Å². The lowest BCUT2D eigenvalue weighted by atomic mass is 10.1. The van der Waals surface area contributed by atoms with Gasteiger partial charge in [0.15, 0.2) is 11.6 Å². The van der Waals surface area contributed by atoms with Crippen LogP contribution in [0.15, 0.2) is 48.5 Å². The van der Waals surface area contributed by atoms with Crippen LogP contribution in [0.1, 0.15) is 30.7 Å². The summed E-state index contributed by atoms with van der Waals surface area (Å²) in [5.41, 5.74) is 1.76. The fourth-order valence-corrected chi connectivity index (χ4v) is 3.90. The number of nitrogens with one attached hydrogen (secondary N) is 1. The maximum Gasteiger partial charge on any atom is 0.174 e. The molecule has 2 aromatic carbocycles. The average Bonchev–Trinajstić information content (AvgIpc) is 3.20. The first-order valence-electron chi connectivity index (χ1n) is 10.6. The van der Waals surface area contributed by atoms with Crippen LogP contribution in [-0.4, -0.2) is 46.6 Å². The Labute approximate surface area is 189 Å². The van der Waals surface area contributed by atoms with E-state index in [0.717, 1.165) is 24.4 Å². The summed E-state index contributed by atoms with van der Waals surface area (Å²) in [4.78, 5) is 6.35. The zero-order valence-corrected chi connectivity index (χ0v) is 18.6. The van der Waals surface area contributed by atoms with E-state index in [1.165, 1.54) is 32.4 Å². The number of rotatable bonds is 7. The number of phenols is 1. The molecule has 2 N–H and O–H groups in total. The molecule has 1 saturated heterocycles. The highest BCUT2D eigenvalue weighted by Gasteiger charge is 2.17. The van der Waals surface area contributed by atoms with Gasteiger partial charge in [-0.25, -0.2) is 9.67 Å². The van der Waals surface area contributed by atoms with Gasteiger partial charge in [0.2, 0.25) is 0 Å². The highest BCUT2D eigenvalue weighted by molar-refractivity contribution is 5.69. The number of methoxy groups -OCH3 is 1. The molecule has 1 aliphatic rings. The van der Waals surface area contributed by atoms with E-state index in [4.69, 9.17) is 14.8 Å². The van der Waals surface area contributed by atoms with E-state index in [9.17, 15) is 5.11 Å². The molecular weight excluding hydrogens is 412 g/mol. The first kappa shape index (κ1) is 22.8. The topological polar surface area (TPSA) is 64.6 Å². The van der Waals surface area contributed by atoms with E-state index < -0.39 is 0 Å². The van der Waals surface area contributed by atoms with E-state index in [1.54, 1.807) is 18.1 Å². The largest absolute Gasteiger partial charge is 1.00 e. The number of nitrogens with zero attached hydrogens (tertiary/aromatic N) is 3. The second-order valence-electron chi connectivity index (χ2n) is 7.70. The summed E-state index contributed by atoms with van der Waals surface area (Å²) in [5, 5.41) is 15.1. The molecule has 1 aliphatic heterocycles. The van der Waals surface area contributed by atoms with Crippen molar-refractivity contribution < 1.29 is 27.2 Å². The molecule has 4 rings (SSSR count). The summed E-state index contributed by atoms with van der Waals surface area (Å²) >= 11 is 0. The monoisotopic (exact) mass is 440 g/mol. The van der Waals surface area contributed by atoms with Gasteiger partial charge >= 0.3 is 0 Å². The molecule has 0 atom stereocenters. The van der Waals surface area contributed by atoms with Crippen molar-refractivity contribution in [1.29, 1.82) is 0 Å². The molecule has 0 spiro atoms. The number of piperidine rings is 1. The summed E-state index contributed by atoms with van der Waals surface area (Å²) in [5.74, 6) is 2.40. The summed E-state index contributed by atoms with van der Waals surface area (Å²) in [6.45, 7) is 4.25. The fraction of sp³-hybridized carbons (Fsp3) is 0.333. The smallest absolute Gasteiger partial charge is 0.174 e. The standard InChI is InChI=1S/C24H28N4O2.ClH/c1-30-20-12-9-19(10-13-20)11-14-23-25-24(21-7-3-4-8-22(21)29)28(26-23)18-17-27-15-5-2-6-16-27;/h3-4,7-14,29H,2,5-6,15-18H2,1H3;1H/b14-11+;. The third kappa shape index (κ3) is 5.87. The predicted molar refractivity (Wildman–Crippen MR) is 118 cm³/mol. The molecule has 1 aromatic heterocycles. The van der Waals surface area contributed by atoms with Gasteiger partial charge in [0.25, 0.3) is 0 Å². The van der Waals surface area contributed by atoms with Crippen molar-refractivity contribution in [3.63, 3.8) is 0 Å². The Morgan fingerprint density at radius 1 is 1.03 bits per heavy atom. The second-order valence-corrected chi connectivity index (χ2v) is 7.70. The number of aromatic hydroxyl groups is 1. The quantitative estimate of drug-likeness (QED) is 0.538. The van der Waals surface area contributed by atoms with Crippen molar-refractivity contribution in [1.82, 2.24) is 14.8 Å². The van der Waals surface area contributed by atoms with E-state index in [1.807, 2.05) is 59.3 Å². The van der Waals surface area contributed by atoms with E-state index in [2.05, 4.69) is 0 Å². The van der Waals surface area contributed by atoms with Gasteiger partial charge in [0.05, 0.1) is 38.9 Å². The van der Waals surface area contributed by atoms with E-state index in [-0.39, 0.29) is 18.2 Å². The highest BCUT2D eigenvalue weighted by Crippen LogP contribution is 2.27. The Bertz CT molecular complexity index is 995.